The Labute approximate surface area is 106 Å². The summed E-state index contributed by atoms with van der Waals surface area (Å²) in [5.41, 5.74) is 5.97. The van der Waals surface area contributed by atoms with Crippen molar-refractivity contribution in [2.75, 3.05) is 5.32 Å². The smallest absolute Gasteiger partial charge is 0.244 e. The molecule has 1 aliphatic carbocycles. The first-order valence-electron chi connectivity index (χ1n) is 4.96. The van der Waals surface area contributed by atoms with E-state index in [-0.39, 0.29) is 18.3 Å². The van der Waals surface area contributed by atoms with E-state index in [9.17, 15) is 4.79 Å². The molecule has 0 spiro atoms. The van der Waals surface area contributed by atoms with Crippen LogP contribution in [0.1, 0.15) is 19.3 Å². The molecule has 1 aromatic rings. The van der Waals surface area contributed by atoms with Crippen LogP contribution < -0.4 is 11.1 Å². The van der Waals surface area contributed by atoms with Crippen LogP contribution in [-0.4, -0.2) is 11.4 Å². The first-order chi connectivity index (χ1) is 7.10. The van der Waals surface area contributed by atoms with Crippen LogP contribution >= 0.6 is 24.0 Å². The van der Waals surface area contributed by atoms with Gasteiger partial charge in [0.05, 0.1) is 5.54 Å². The van der Waals surface area contributed by atoms with Crippen LogP contribution in [-0.2, 0) is 4.79 Å². The zero-order chi connectivity index (χ0) is 10.9. The molecule has 2 rings (SSSR count). The number of hydrogen-bond acceptors (Lipinski definition) is 2. The summed E-state index contributed by atoms with van der Waals surface area (Å²) in [6.45, 7) is 0. The maximum absolute atomic E-state index is 11.7. The predicted octanol–water partition coefficient (Wildman–Crippen LogP) is 2.58. The van der Waals surface area contributed by atoms with Gasteiger partial charge in [0.15, 0.2) is 0 Å². The Balaban J connectivity index is 0.00000128. The van der Waals surface area contributed by atoms with Gasteiger partial charge < -0.3 is 11.1 Å². The minimum atomic E-state index is -0.653. The molecule has 0 aliphatic heterocycles. The van der Waals surface area contributed by atoms with Gasteiger partial charge in [-0.05, 0) is 43.5 Å². The Morgan fingerprint density at radius 1 is 1.31 bits per heavy atom. The predicted molar refractivity (Wildman–Crippen MR) is 68.1 cm³/mol. The number of benzene rings is 1. The fraction of sp³-hybridized carbons (Fsp3) is 0.364. The second kappa shape index (κ2) is 5.04. The molecular weight excluding hydrogens is 247 g/mol. The zero-order valence-electron chi connectivity index (χ0n) is 8.70. The van der Waals surface area contributed by atoms with E-state index in [2.05, 4.69) is 5.32 Å². The van der Waals surface area contributed by atoms with Gasteiger partial charge in [-0.15, -0.1) is 12.4 Å². The van der Waals surface area contributed by atoms with Crippen LogP contribution in [0, 0.1) is 0 Å². The molecule has 5 heteroatoms. The number of nitrogens with one attached hydrogen (secondary N) is 1. The fourth-order valence-electron chi connectivity index (χ4n) is 1.57. The molecule has 0 saturated heterocycles. The SMILES string of the molecule is Cl.NC1(C(=O)Nc2ccc(Cl)cc2)CCC1. The van der Waals surface area contributed by atoms with E-state index >= 15 is 0 Å². The zero-order valence-corrected chi connectivity index (χ0v) is 10.3. The summed E-state index contributed by atoms with van der Waals surface area (Å²) in [5, 5.41) is 3.44. The van der Waals surface area contributed by atoms with Crippen molar-refractivity contribution >= 4 is 35.6 Å². The molecule has 0 unspecified atom stereocenters. The van der Waals surface area contributed by atoms with Crippen molar-refractivity contribution in [3.8, 4) is 0 Å². The van der Waals surface area contributed by atoms with E-state index in [1.165, 1.54) is 0 Å². The van der Waals surface area contributed by atoms with Gasteiger partial charge >= 0.3 is 0 Å². The summed E-state index contributed by atoms with van der Waals surface area (Å²) >= 11 is 5.74. The molecule has 0 radical (unpaired) electrons. The number of hydrogen-bond donors (Lipinski definition) is 2. The number of anilines is 1. The average Bonchev–Trinajstić information content (AvgIpc) is 2.18. The molecule has 1 fully saturated rings. The van der Waals surface area contributed by atoms with Gasteiger partial charge in [-0.1, -0.05) is 11.6 Å². The van der Waals surface area contributed by atoms with Crippen molar-refractivity contribution in [3.63, 3.8) is 0 Å². The molecule has 1 amide bonds. The monoisotopic (exact) mass is 260 g/mol. The molecule has 0 aromatic heterocycles. The van der Waals surface area contributed by atoms with Gasteiger partial charge in [0.25, 0.3) is 0 Å². The maximum atomic E-state index is 11.7. The van der Waals surface area contributed by atoms with Crippen LogP contribution in [0.4, 0.5) is 5.69 Å². The molecule has 0 heterocycles. The van der Waals surface area contributed by atoms with Crippen molar-refractivity contribution < 1.29 is 4.79 Å². The van der Waals surface area contributed by atoms with Gasteiger partial charge in [0.2, 0.25) is 5.91 Å². The van der Waals surface area contributed by atoms with Gasteiger partial charge in [-0.2, -0.15) is 0 Å². The van der Waals surface area contributed by atoms with Crippen LogP contribution in [0.3, 0.4) is 0 Å². The second-order valence-electron chi connectivity index (χ2n) is 3.97. The summed E-state index contributed by atoms with van der Waals surface area (Å²) in [5.74, 6) is -0.101. The molecule has 1 aromatic carbocycles. The first-order valence-corrected chi connectivity index (χ1v) is 5.34. The quantitative estimate of drug-likeness (QED) is 0.859. The molecular formula is C11H14Cl2N2O. The summed E-state index contributed by atoms with van der Waals surface area (Å²) in [6.07, 6.45) is 2.57. The van der Waals surface area contributed by atoms with Crippen LogP contribution in [0.2, 0.25) is 5.02 Å². The van der Waals surface area contributed by atoms with E-state index in [1.807, 2.05) is 0 Å². The lowest BCUT2D eigenvalue weighted by Crippen LogP contribution is -2.56. The standard InChI is InChI=1S/C11H13ClN2O.ClH/c12-8-2-4-9(5-3-8)14-10(15)11(13)6-1-7-11;/h2-5H,1,6-7,13H2,(H,14,15);1H. The highest BCUT2D eigenvalue weighted by molar-refractivity contribution is 6.30. The third kappa shape index (κ3) is 2.67. The van der Waals surface area contributed by atoms with Crippen molar-refractivity contribution in [1.29, 1.82) is 0 Å². The number of carbonyl (C=O) groups excluding carboxylic acids is 1. The largest absolute Gasteiger partial charge is 0.324 e. The van der Waals surface area contributed by atoms with E-state index in [4.69, 9.17) is 17.3 Å². The lowest BCUT2D eigenvalue weighted by molar-refractivity contribution is -0.123. The van der Waals surface area contributed by atoms with Crippen LogP contribution in [0.25, 0.3) is 0 Å². The molecule has 1 saturated carbocycles. The van der Waals surface area contributed by atoms with Crippen molar-refractivity contribution in [2.45, 2.75) is 24.8 Å². The molecule has 0 atom stereocenters. The van der Waals surface area contributed by atoms with Crippen molar-refractivity contribution in [3.05, 3.63) is 29.3 Å². The van der Waals surface area contributed by atoms with Gasteiger partial charge in [-0.25, -0.2) is 0 Å². The van der Waals surface area contributed by atoms with Gasteiger partial charge in [0.1, 0.15) is 0 Å². The summed E-state index contributed by atoms with van der Waals surface area (Å²) in [7, 11) is 0. The highest BCUT2D eigenvalue weighted by atomic mass is 35.5. The average molecular weight is 261 g/mol. The Morgan fingerprint density at radius 2 is 1.88 bits per heavy atom. The minimum Gasteiger partial charge on any atom is -0.324 e. The second-order valence-corrected chi connectivity index (χ2v) is 4.41. The third-order valence-electron chi connectivity index (χ3n) is 2.80. The fourth-order valence-corrected chi connectivity index (χ4v) is 1.70. The van der Waals surface area contributed by atoms with Crippen LogP contribution in [0.15, 0.2) is 24.3 Å². The molecule has 0 bridgehead atoms. The number of nitrogens with two attached hydrogens (primary N) is 1. The molecule has 3 nitrogen and oxygen atoms in total. The lowest BCUT2D eigenvalue weighted by Gasteiger charge is -2.36. The lowest BCUT2D eigenvalue weighted by atomic mass is 9.77. The number of carbonyl (C=O) groups is 1. The highest BCUT2D eigenvalue weighted by Crippen LogP contribution is 2.30. The first kappa shape index (κ1) is 13.3. The van der Waals surface area contributed by atoms with E-state index in [0.29, 0.717) is 5.02 Å². The maximum Gasteiger partial charge on any atom is 0.244 e. The Bertz CT molecular complexity index is 374. The highest BCUT2D eigenvalue weighted by Gasteiger charge is 2.39. The van der Waals surface area contributed by atoms with E-state index < -0.39 is 5.54 Å². The van der Waals surface area contributed by atoms with Crippen LogP contribution in [0.5, 0.6) is 0 Å². The normalized spacial score (nSPS) is 16.9. The minimum absolute atomic E-state index is 0. The summed E-state index contributed by atoms with van der Waals surface area (Å²) < 4.78 is 0. The Kier molecular flexibility index (Phi) is 4.19. The molecule has 1 aliphatic rings. The molecule has 88 valence electrons. The van der Waals surface area contributed by atoms with Gasteiger partial charge in [0, 0.05) is 10.7 Å². The topological polar surface area (TPSA) is 55.1 Å². The molecule has 16 heavy (non-hydrogen) atoms. The number of rotatable bonds is 2. The Morgan fingerprint density at radius 3 is 2.31 bits per heavy atom. The van der Waals surface area contributed by atoms with Gasteiger partial charge in [-0.3, -0.25) is 4.79 Å². The van der Waals surface area contributed by atoms with E-state index in [0.717, 1.165) is 24.9 Å². The van der Waals surface area contributed by atoms with E-state index in [1.54, 1.807) is 24.3 Å². The third-order valence-corrected chi connectivity index (χ3v) is 3.05. The summed E-state index contributed by atoms with van der Waals surface area (Å²) in [6, 6.07) is 7.01. The molecule has 3 N–H and O–H groups in total. The Hall–Kier alpha value is -0.770. The van der Waals surface area contributed by atoms with Crippen molar-refractivity contribution in [2.24, 2.45) is 5.73 Å². The number of halogens is 2. The summed E-state index contributed by atoms with van der Waals surface area (Å²) in [4.78, 5) is 11.7. The number of amides is 1. The van der Waals surface area contributed by atoms with Crippen molar-refractivity contribution in [1.82, 2.24) is 0 Å².